The van der Waals surface area contributed by atoms with Gasteiger partial charge in [0.1, 0.15) is 0 Å². The van der Waals surface area contributed by atoms with Gasteiger partial charge in [0.25, 0.3) is 0 Å². The molecular formula is C4H6S2-2. The van der Waals surface area contributed by atoms with Crippen molar-refractivity contribution in [3.63, 3.8) is 0 Å². The van der Waals surface area contributed by atoms with Crippen LogP contribution in [0, 0.1) is 0 Å². The maximum Gasteiger partial charge on any atom is -0.0665 e. The molecule has 0 radical (unpaired) electrons. The predicted molar refractivity (Wildman–Crippen MR) is 33.1 cm³/mol. The fourth-order valence-corrected chi connectivity index (χ4v) is 0. The van der Waals surface area contributed by atoms with Gasteiger partial charge in [-0.3, -0.25) is 0 Å². The fraction of sp³-hybridized carbons (Fsp3) is 0.500. The second-order valence-electron chi connectivity index (χ2n) is 1.11. The highest BCUT2D eigenvalue weighted by Crippen LogP contribution is 1.94. The van der Waals surface area contributed by atoms with Gasteiger partial charge in [-0.1, -0.05) is 13.8 Å². The molecule has 0 atom stereocenters. The van der Waals surface area contributed by atoms with Gasteiger partial charge in [0, 0.05) is 0 Å². The molecule has 0 heterocycles. The van der Waals surface area contributed by atoms with E-state index in [1.807, 2.05) is 13.8 Å². The Bertz CT molecular complexity index is 55.6. The van der Waals surface area contributed by atoms with Gasteiger partial charge in [0.15, 0.2) is 0 Å². The zero-order valence-corrected chi connectivity index (χ0v) is 5.45. The molecule has 2 heteroatoms. The van der Waals surface area contributed by atoms with Crippen LogP contribution in [0.1, 0.15) is 13.8 Å². The molecule has 36 valence electrons. The van der Waals surface area contributed by atoms with E-state index in [0.717, 1.165) is 9.81 Å². The summed E-state index contributed by atoms with van der Waals surface area (Å²) in [5, 5.41) is 0. The molecule has 0 aromatic rings. The van der Waals surface area contributed by atoms with Gasteiger partial charge in [0.2, 0.25) is 0 Å². The molecule has 0 amide bonds. The Labute approximate surface area is 49.5 Å². The number of hydrogen-bond donors (Lipinski definition) is 0. The summed E-state index contributed by atoms with van der Waals surface area (Å²) in [5.74, 6) is 0. The number of rotatable bonds is 0. The Hall–Kier alpha value is 0.180. The Morgan fingerprint density at radius 3 is 1.17 bits per heavy atom. The van der Waals surface area contributed by atoms with E-state index in [1.165, 1.54) is 0 Å². The van der Waals surface area contributed by atoms with Crippen LogP contribution in [-0.2, 0) is 25.3 Å². The first-order chi connectivity index (χ1) is 2.64. The van der Waals surface area contributed by atoms with Crippen LogP contribution in [0.3, 0.4) is 0 Å². The van der Waals surface area contributed by atoms with Crippen molar-refractivity contribution in [2.75, 3.05) is 0 Å². The first-order valence-corrected chi connectivity index (χ1v) is 2.47. The topological polar surface area (TPSA) is 0 Å². The fourth-order valence-electron chi connectivity index (χ4n) is 0. The number of allylic oxidation sites excluding steroid dienone is 2. The molecule has 0 aromatic heterocycles. The Balaban J connectivity index is 3.68. The van der Waals surface area contributed by atoms with Gasteiger partial charge in [0.05, 0.1) is 0 Å². The summed E-state index contributed by atoms with van der Waals surface area (Å²) in [6.45, 7) is 3.66. The standard InChI is InChI=1S/C4H8S2/c1-3(5)4(2)6/h5-6H,1-2H3/p-2/b4-3-. The molecule has 0 aliphatic heterocycles. The minimum atomic E-state index is 0.824. The van der Waals surface area contributed by atoms with Crippen molar-refractivity contribution in [3.05, 3.63) is 9.81 Å². The smallest absolute Gasteiger partial charge is 0.0665 e. The van der Waals surface area contributed by atoms with E-state index >= 15 is 0 Å². The van der Waals surface area contributed by atoms with Gasteiger partial charge < -0.3 is 25.3 Å². The second-order valence-corrected chi connectivity index (χ2v) is 2.34. The van der Waals surface area contributed by atoms with Crippen LogP contribution >= 0.6 is 0 Å². The van der Waals surface area contributed by atoms with Crippen LogP contribution in [0.2, 0.25) is 0 Å². The maximum absolute atomic E-state index is 4.68. The van der Waals surface area contributed by atoms with Gasteiger partial charge >= 0.3 is 0 Å². The van der Waals surface area contributed by atoms with Crippen molar-refractivity contribution >= 4 is 25.3 Å². The molecule has 6 heavy (non-hydrogen) atoms. The van der Waals surface area contributed by atoms with Crippen molar-refractivity contribution in [1.82, 2.24) is 0 Å². The summed E-state index contributed by atoms with van der Waals surface area (Å²) in [7, 11) is 0. The molecule has 0 aliphatic carbocycles. The molecule has 0 aromatic carbocycles. The summed E-state index contributed by atoms with van der Waals surface area (Å²) in [5.41, 5.74) is 0. The minimum absolute atomic E-state index is 0.824. The molecular weight excluding hydrogens is 112 g/mol. The third-order valence-electron chi connectivity index (χ3n) is 0.496. The van der Waals surface area contributed by atoms with E-state index in [4.69, 9.17) is 0 Å². The zero-order valence-electron chi connectivity index (χ0n) is 3.82. The van der Waals surface area contributed by atoms with E-state index in [9.17, 15) is 0 Å². The lowest BCUT2D eigenvalue weighted by Crippen LogP contribution is -1.69. The third-order valence-corrected chi connectivity index (χ3v) is 1.24. The predicted octanol–water partition coefficient (Wildman–Crippen LogP) is 1.33. The zero-order chi connectivity index (χ0) is 5.15. The van der Waals surface area contributed by atoms with Crippen molar-refractivity contribution < 1.29 is 0 Å². The van der Waals surface area contributed by atoms with E-state index in [1.54, 1.807) is 0 Å². The summed E-state index contributed by atoms with van der Waals surface area (Å²) in [6.07, 6.45) is 0. The minimum Gasteiger partial charge on any atom is -0.786 e. The van der Waals surface area contributed by atoms with Crippen molar-refractivity contribution in [2.24, 2.45) is 0 Å². The van der Waals surface area contributed by atoms with Crippen LogP contribution in [-0.4, -0.2) is 0 Å². The van der Waals surface area contributed by atoms with Gasteiger partial charge in [-0.15, -0.1) is 0 Å². The average molecular weight is 118 g/mol. The molecule has 0 N–H and O–H groups in total. The third kappa shape index (κ3) is 2.42. The highest BCUT2D eigenvalue weighted by Gasteiger charge is 1.54. The first-order valence-electron chi connectivity index (χ1n) is 1.66. The number of hydrogen-bond acceptors (Lipinski definition) is 2. The lowest BCUT2D eigenvalue weighted by molar-refractivity contribution is 1.57. The highest BCUT2D eigenvalue weighted by molar-refractivity contribution is 7.67. The summed E-state index contributed by atoms with van der Waals surface area (Å²) >= 11 is 9.36. The maximum atomic E-state index is 4.68. The van der Waals surface area contributed by atoms with Gasteiger partial charge in [-0.05, 0) is 0 Å². The molecule has 0 nitrogen and oxygen atoms in total. The highest BCUT2D eigenvalue weighted by atomic mass is 32.1. The largest absolute Gasteiger partial charge is 0.786 e. The lowest BCUT2D eigenvalue weighted by Gasteiger charge is -2.15. The van der Waals surface area contributed by atoms with Crippen LogP contribution in [0.4, 0.5) is 0 Å². The van der Waals surface area contributed by atoms with Crippen molar-refractivity contribution in [3.8, 4) is 0 Å². The van der Waals surface area contributed by atoms with Crippen LogP contribution < -0.4 is 0 Å². The second kappa shape index (κ2) is 2.37. The Morgan fingerprint density at radius 1 is 1.00 bits per heavy atom. The molecule has 0 spiro atoms. The van der Waals surface area contributed by atoms with Crippen molar-refractivity contribution in [1.29, 1.82) is 0 Å². The van der Waals surface area contributed by atoms with E-state index < -0.39 is 0 Å². The molecule has 0 saturated heterocycles. The molecule has 0 fully saturated rings. The van der Waals surface area contributed by atoms with Crippen LogP contribution in [0.25, 0.3) is 0 Å². The summed E-state index contributed by atoms with van der Waals surface area (Å²) in [6, 6.07) is 0. The van der Waals surface area contributed by atoms with E-state index in [-0.39, 0.29) is 0 Å². The molecule has 0 unspecified atom stereocenters. The average Bonchev–Trinajstić information content (AvgIpc) is 1.36. The van der Waals surface area contributed by atoms with Crippen LogP contribution in [0.15, 0.2) is 9.81 Å². The van der Waals surface area contributed by atoms with Gasteiger partial charge in [-0.25, -0.2) is 9.81 Å². The lowest BCUT2D eigenvalue weighted by atomic mass is 10.6. The molecule has 0 saturated carbocycles. The summed E-state index contributed by atoms with van der Waals surface area (Å²) < 4.78 is 0. The van der Waals surface area contributed by atoms with Crippen LogP contribution in [0.5, 0.6) is 0 Å². The summed E-state index contributed by atoms with van der Waals surface area (Å²) in [4.78, 5) is 1.65. The SMILES string of the molecule is C/C([S-])=C(\C)[S-]. The Morgan fingerprint density at radius 2 is 1.17 bits per heavy atom. The molecule has 0 rings (SSSR count). The van der Waals surface area contributed by atoms with E-state index in [2.05, 4.69) is 25.3 Å². The normalized spacial score (nSPS) is 13.7. The molecule has 0 bridgehead atoms. The quantitative estimate of drug-likeness (QED) is 0.440. The van der Waals surface area contributed by atoms with Gasteiger partial charge in [-0.2, -0.15) is 0 Å². The first kappa shape index (κ1) is 6.18. The van der Waals surface area contributed by atoms with Crippen molar-refractivity contribution in [2.45, 2.75) is 13.8 Å². The molecule has 0 aliphatic rings. The Kier molecular flexibility index (Phi) is 2.44. The van der Waals surface area contributed by atoms with E-state index in [0.29, 0.717) is 0 Å². The monoisotopic (exact) mass is 118 g/mol.